The van der Waals surface area contributed by atoms with E-state index in [4.69, 9.17) is 0 Å². The summed E-state index contributed by atoms with van der Waals surface area (Å²) in [7, 11) is 1.97. The summed E-state index contributed by atoms with van der Waals surface area (Å²) in [5.74, 6) is 0. The van der Waals surface area contributed by atoms with Gasteiger partial charge in [0.2, 0.25) is 0 Å². The zero-order chi connectivity index (χ0) is 13.2. The normalized spacial score (nSPS) is 12.7. The molecule has 2 nitrogen and oxygen atoms in total. The Hall–Kier alpha value is -1.23. The molecule has 0 saturated carbocycles. The molecular weight excluding hydrogens is 320 g/mol. The molecule has 19 heavy (non-hydrogen) atoms. The fraction of sp³-hybridized carbons (Fsp3) is 0.133. The molecule has 96 valence electrons. The minimum absolute atomic E-state index is 0.121. The Morgan fingerprint density at radius 3 is 2.84 bits per heavy atom. The van der Waals surface area contributed by atoms with Gasteiger partial charge in [0.15, 0.2) is 0 Å². The first-order valence-electron chi connectivity index (χ1n) is 6.04. The third-order valence-corrected chi connectivity index (χ3v) is 4.60. The summed E-state index contributed by atoms with van der Waals surface area (Å²) in [4.78, 5) is 4.51. The lowest BCUT2D eigenvalue weighted by Gasteiger charge is -2.17. The molecule has 0 radical (unpaired) electrons. The predicted octanol–water partition coefficient (Wildman–Crippen LogP) is 4.37. The molecule has 1 unspecified atom stereocenters. The van der Waals surface area contributed by atoms with Crippen LogP contribution >= 0.6 is 27.3 Å². The molecule has 0 spiro atoms. The first-order chi connectivity index (χ1) is 9.29. The summed E-state index contributed by atoms with van der Waals surface area (Å²) in [6.07, 6.45) is 1.84. The Bertz CT molecular complexity index is 691. The van der Waals surface area contributed by atoms with Crippen LogP contribution in [0.3, 0.4) is 0 Å². The van der Waals surface area contributed by atoms with Crippen molar-refractivity contribution < 1.29 is 0 Å². The van der Waals surface area contributed by atoms with Crippen LogP contribution in [-0.4, -0.2) is 12.0 Å². The van der Waals surface area contributed by atoms with Gasteiger partial charge in [0.1, 0.15) is 0 Å². The van der Waals surface area contributed by atoms with E-state index in [1.54, 1.807) is 11.3 Å². The Labute approximate surface area is 124 Å². The molecule has 2 aromatic heterocycles. The SMILES string of the molecule is CNC(c1ccc(Br)cn1)c1cccc2ccsc12. The van der Waals surface area contributed by atoms with Crippen LogP contribution in [0.5, 0.6) is 0 Å². The summed E-state index contributed by atoms with van der Waals surface area (Å²) in [5.41, 5.74) is 2.32. The van der Waals surface area contributed by atoms with Gasteiger partial charge in [-0.15, -0.1) is 11.3 Å². The van der Waals surface area contributed by atoms with Crippen LogP contribution in [0.25, 0.3) is 10.1 Å². The number of nitrogens with zero attached hydrogens (tertiary/aromatic N) is 1. The summed E-state index contributed by atoms with van der Waals surface area (Å²) >= 11 is 5.20. The average molecular weight is 333 g/mol. The van der Waals surface area contributed by atoms with E-state index in [1.807, 2.05) is 19.3 Å². The average Bonchev–Trinajstić information content (AvgIpc) is 2.91. The van der Waals surface area contributed by atoms with Gasteiger partial charge in [-0.3, -0.25) is 4.98 Å². The van der Waals surface area contributed by atoms with Gasteiger partial charge in [0, 0.05) is 15.4 Å². The summed E-state index contributed by atoms with van der Waals surface area (Å²) in [6.45, 7) is 0. The first-order valence-corrected chi connectivity index (χ1v) is 7.71. The van der Waals surface area contributed by atoms with Crippen LogP contribution in [0, 0.1) is 0 Å². The van der Waals surface area contributed by atoms with E-state index in [1.165, 1.54) is 15.6 Å². The van der Waals surface area contributed by atoms with Gasteiger partial charge in [0.05, 0.1) is 11.7 Å². The molecule has 0 saturated heterocycles. The molecule has 0 bridgehead atoms. The molecule has 3 rings (SSSR count). The molecule has 0 aliphatic carbocycles. The third-order valence-electron chi connectivity index (χ3n) is 3.16. The highest BCUT2D eigenvalue weighted by atomic mass is 79.9. The predicted molar refractivity (Wildman–Crippen MR) is 84.7 cm³/mol. The van der Waals surface area contributed by atoms with Crippen molar-refractivity contribution in [3.8, 4) is 0 Å². The number of nitrogens with one attached hydrogen (secondary N) is 1. The number of hydrogen-bond donors (Lipinski definition) is 1. The fourth-order valence-electron chi connectivity index (χ4n) is 2.26. The van der Waals surface area contributed by atoms with Gasteiger partial charge < -0.3 is 5.32 Å². The van der Waals surface area contributed by atoms with Crippen LogP contribution in [0.1, 0.15) is 17.3 Å². The van der Waals surface area contributed by atoms with Crippen LogP contribution < -0.4 is 5.32 Å². The standard InChI is InChI=1S/C15H13BrN2S/c1-17-14(13-6-5-11(16)9-18-13)12-4-2-3-10-7-8-19-15(10)12/h2-9,14,17H,1H3. The Morgan fingerprint density at radius 2 is 2.11 bits per heavy atom. The van der Waals surface area contributed by atoms with E-state index in [2.05, 4.69) is 61.9 Å². The van der Waals surface area contributed by atoms with Gasteiger partial charge in [-0.05, 0) is 57.5 Å². The zero-order valence-corrected chi connectivity index (χ0v) is 12.8. The van der Waals surface area contributed by atoms with Crippen LogP contribution in [0.4, 0.5) is 0 Å². The minimum Gasteiger partial charge on any atom is -0.308 e. The fourth-order valence-corrected chi connectivity index (χ4v) is 3.44. The van der Waals surface area contributed by atoms with Crippen molar-refractivity contribution in [3.63, 3.8) is 0 Å². The number of rotatable bonds is 3. The van der Waals surface area contributed by atoms with Crippen LogP contribution in [0.15, 0.2) is 52.4 Å². The van der Waals surface area contributed by atoms with Gasteiger partial charge in [0.25, 0.3) is 0 Å². The first kappa shape index (κ1) is 12.8. The Morgan fingerprint density at radius 1 is 1.21 bits per heavy atom. The summed E-state index contributed by atoms with van der Waals surface area (Å²) < 4.78 is 2.33. The highest BCUT2D eigenvalue weighted by Crippen LogP contribution is 2.31. The van der Waals surface area contributed by atoms with Gasteiger partial charge >= 0.3 is 0 Å². The van der Waals surface area contributed by atoms with E-state index in [9.17, 15) is 0 Å². The lowest BCUT2D eigenvalue weighted by Crippen LogP contribution is -2.18. The minimum atomic E-state index is 0.121. The quantitative estimate of drug-likeness (QED) is 0.770. The topological polar surface area (TPSA) is 24.9 Å². The van der Waals surface area contributed by atoms with Crippen molar-refractivity contribution in [2.24, 2.45) is 0 Å². The number of hydrogen-bond acceptors (Lipinski definition) is 3. The molecule has 2 heterocycles. The molecular formula is C15H13BrN2S. The van der Waals surface area contributed by atoms with Gasteiger partial charge in [-0.2, -0.15) is 0 Å². The lowest BCUT2D eigenvalue weighted by molar-refractivity contribution is 0.676. The number of pyridine rings is 1. The van der Waals surface area contributed by atoms with Crippen molar-refractivity contribution in [3.05, 3.63) is 63.7 Å². The number of halogens is 1. The van der Waals surface area contributed by atoms with Crippen molar-refractivity contribution in [2.45, 2.75) is 6.04 Å². The number of benzene rings is 1. The maximum Gasteiger partial charge on any atom is 0.0762 e. The van der Waals surface area contributed by atoms with Crippen molar-refractivity contribution in [2.75, 3.05) is 7.05 Å². The van der Waals surface area contributed by atoms with E-state index in [0.717, 1.165) is 10.2 Å². The summed E-state index contributed by atoms with van der Waals surface area (Å²) in [6, 6.07) is 12.8. The van der Waals surface area contributed by atoms with E-state index in [-0.39, 0.29) is 6.04 Å². The van der Waals surface area contributed by atoms with Crippen molar-refractivity contribution in [1.29, 1.82) is 0 Å². The number of thiophene rings is 1. The molecule has 0 amide bonds. The number of fused-ring (bicyclic) bond motifs is 1. The second-order valence-corrected chi connectivity index (χ2v) is 6.14. The molecule has 1 aromatic carbocycles. The molecule has 1 atom stereocenters. The van der Waals surface area contributed by atoms with Crippen molar-refractivity contribution >= 4 is 37.4 Å². The van der Waals surface area contributed by atoms with E-state index in [0.29, 0.717) is 0 Å². The van der Waals surface area contributed by atoms with E-state index < -0.39 is 0 Å². The van der Waals surface area contributed by atoms with Crippen LogP contribution in [-0.2, 0) is 0 Å². The lowest BCUT2D eigenvalue weighted by atomic mass is 10.0. The maximum absolute atomic E-state index is 4.51. The van der Waals surface area contributed by atoms with Crippen LogP contribution in [0.2, 0.25) is 0 Å². The second-order valence-electron chi connectivity index (χ2n) is 4.31. The Balaban J connectivity index is 2.11. The van der Waals surface area contributed by atoms with Gasteiger partial charge in [-0.1, -0.05) is 18.2 Å². The molecule has 0 aliphatic rings. The molecule has 0 fully saturated rings. The summed E-state index contributed by atoms with van der Waals surface area (Å²) in [5, 5.41) is 6.79. The maximum atomic E-state index is 4.51. The van der Waals surface area contributed by atoms with E-state index >= 15 is 0 Å². The number of aromatic nitrogens is 1. The molecule has 4 heteroatoms. The third kappa shape index (κ3) is 2.43. The molecule has 1 N–H and O–H groups in total. The monoisotopic (exact) mass is 332 g/mol. The van der Waals surface area contributed by atoms with Crippen molar-refractivity contribution in [1.82, 2.24) is 10.3 Å². The highest BCUT2D eigenvalue weighted by Gasteiger charge is 2.16. The zero-order valence-electron chi connectivity index (χ0n) is 10.4. The molecule has 3 aromatic rings. The van der Waals surface area contributed by atoms with Gasteiger partial charge in [-0.25, -0.2) is 0 Å². The second kappa shape index (κ2) is 5.41. The Kier molecular flexibility index (Phi) is 3.64. The molecule has 0 aliphatic heterocycles. The smallest absolute Gasteiger partial charge is 0.0762 e. The highest BCUT2D eigenvalue weighted by molar-refractivity contribution is 9.10. The largest absolute Gasteiger partial charge is 0.308 e.